The molecule has 0 unspecified atom stereocenters. The monoisotopic (exact) mass is 201 g/mol. The van der Waals surface area contributed by atoms with Crippen molar-refractivity contribution in [2.24, 2.45) is 5.73 Å². The van der Waals surface area contributed by atoms with Crippen LogP contribution in [-0.4, -0.2) is 16.1 Å². The summed E-state index contributed by atoms with van der Waals surface area (Å²) in [7, 11) is 0. The molecule has 4 heteroatoms. The van der Waals surface area contributed by atoms with Crippen LogP contribution in [0.25, 0.3) is 11.3 Å². The van der Waals surface area contributed by atoms with Crippen LogP contribution in [0.3, 0.4) is 0 Å². The van der Waals surface area contributed by atoms with Gasteiger partial charge in [-0.2, -0.15) is 5.10 Å². The van der Waals surface area contributed by atoms with E-state index in [1.165, 1.54) is 6.20 Å². The largest absolute Gasteiger partial charge is 0.365 e. The van der Waals surface area contributed by atoms with E-state index >= 15 is 0 Å². The standard InChI is InChI=1S/C11H11N3O/c1-7-2-4-8(5-3-7)10-9(11(12)15)6-13-14-10/h2-6H,1H3,(H2,12,15)(H,13,14). The Bertz CT molecular complexity index is 485. The number of aromatic amines is 1. The molecule has 1 aromatic carbocycles. The zero-order valence-electron chi connectivity index (χ0n) is 8.32. The van der Waals surface area contributed by atoms with E-state index in [1.54, 1.807) is 0 Å². The maximum atomic E-state index is 11.1. The van der Waals surface area contributed by atoms with Gasteiger partial charge in [0.15, 0.2) is 0 Å². The summed E-state index contributed by atoms with van der Waals surface area (Å²) in [5, 5.41) is 6.65. The Balaban J connectivity index is 2.49. The van der Waals surface area contributed by atoms with Crippen molar-refractivity contribution in [3.63, 3.8) is 0 Å². The maximum Gasteiger partial charge on any atom is 0.252 e. The van der Waals surface area contributed by atoms with Gasteiger partial charge in [-0.25, -0.2) is 0 Å². The second-order valence-electron chi connectivity index (χ2n) is 3.38. The number of H-pyrrole nitrogens is 1. The van der Waals surface area contributed by atoms with Gasteiger partial charge in [-0.1, -0.05) is 29.8 Å². The molecule has 0 aliphatic rings. The average molecular weight is 201 g/mol. The topological polar surface area (TPSA) is 71.8 Å². The Labute approximate surface area is 87.1 Å². The van der Waals surface area contributed by atoms with Crippen molar-refractivity contribution in [3.05, 3.63) is 41.6 Å². The van der Waals surface area contributed by atoms with Gasteiger partial charge in [0.05, 0.1) is 5.56 Å². The number of nitrogens with one attached hydrogen (secondary N) is 1. The molecule has 0 bridgehead atoms. The van der Waals surface area contributed by atoms with Crippen LogP contribution in [0.5, 0.6) is 0 Å². The van der Waals surface area contributed by atoms with Crippen molar-refractivity contribution in [3.8, 4) is 11.3 Å². The molecule has 1 aromatic heterocycles. The molecule has 0 saturated heterocycles. The van der Waals surface area contributed by atoms with Crippen molar-refractivity contribution in [1.82, 2.24) is 10.2 Å². The number of nitrogens with zero attached hydrogens (tertiary/aromatic N) is 1. The molecule has 0 aliphatic heterocycles. The lowest BCUT2D eigenvalue weighted by molar-refractivity contribution is 0.100. The van der Waals surface area contributed by atoms with E-state index in [9.17, 15) is 4.79 Å². The minimum absolute atomic E-state index is 0.416. The lowest BCUT2D eigenvalue weighted by Crippen LogP contribution is -2.11. The van der Waals surface area contributed by atoms with Crippen LogP contribution in [0.2, 0.25) is 0 Å². The smallest absolute Gasteiger partial charge is 0.252 e. The molecule has 0 atom stereocenters. The van der Waals surface area contributed by atoms with E-state index in [2.05, 4.69) is 10.2 Å². The van der Waals surface area contributed by atoms with Crippen LogP contribution in [0.4, 0.5) is 0 Å². The van der Waals surface area contributed by atoms with E-state index in [4.69, 9.17) is 5.73 Å². The lowest BCUT2D eigenvalue weighted by atomic mass is 10.1. The van der Waals surface area contributed by atoms with Gasteiger partial charge in [-0.05, 0) is 6.92 Å². The molecule has 76 valence electrons. The molecule has 0 spiro atoms. The highest BCUT2D eigenvalue weighted by atomic mass is 16.1. The maximum absolute atomic E-state index is 11.1. The minimum Gasteiger partial charge on any atom is -0.365 e. The van der Waals surface area contributed by atoms with Gasteiger partial charge >= 0.3 is 0 Å². The Kier molecular flexibility index (Phi) is 2.25. The fourth-order valence-corrected chi connectivity index (χ4v) is 1.41. The molecule has 0 saturated carbocycles. The van der Waals surface area contributed by atoms with E-state index < -0.39 is 5.91 Å². The second kappa shape index (κ2) is 3.57. The summed E-state index contributed by atoms with van der Waals surface area (Å²) in [5.41, 5.74) is 8.29. The molecule has 0 radical (unpaired) electrons. The predicted octanol–water partition coefficient (Wildman–Crippen LogP) is 1.48. The molecular weight excluding hydrogens is 190 g/mol. The third kappa shape index (κ3) is 1.74. The SMILES string of the molecule is Cc1ccc(-c2n[nH]cc2C(N)=O)cc1. The number of nitrogens with two attached hydrogens (primary N) is 1. The van der Waals surface area contributed by atoms with Gasteiger partial charge in [0.2, 0.25) is 0 Å². The number of aromatic nitrogens is 2. The van der Waals surface area contributed by atoms with Gasteiger partial charge in [-0.3, -0.25) is 9.89 Å². The highest BCUT2D eigenvalue weighted by Crippen LogP contribution is 2.20. The Morgan fingerprint density at radius 1 is 1.33 bits per heavy atom. The first-order chi connectivity index (χ1) is 7.18. The Hall–Kier alpha value is -2.10. The number of rotatable bonds is 2. The van der Waals surface area contributed by atoms with Crippen molar-refractivity contribution < 1.29 is 4.79 Å². The molecule has 0 fully saturated rings. The van der Waals surface area contributed by atoms with Crippen molar-refractivity contribution in [2.45, 2.75) is 6.92 Å². The number of hydrogen-bond donors (Lipinski definition) is 2. The first kappa shape index (κ1) is 9.45. The van der Waals surface area contributed by atoms with Gasteiger partial charge in [-0.15, -0.1) is 0 Å². The zero-order chi connectivity index (χ0) is 10.8. The molecule has 0 aliphatic carbocycles. The summed E-state index contributed by atoms with van der Waals surface area (Å²) in [4.78, 5) is 11.1. The molecule has 3 N–H and O–H groups in total. The third-order valence-corrected chi connectivity index (χ3v) is 2.23. The van der Waals surface area contributed by atoms with E-state index in [0.29, 0.717) is 11.3 Å². The summed E-state index contributed by atoms with van der Waals surface area (Å²) in [6.45, 7) is 2.00. The van der Waals surface area contributed by atoms with Crippen LogP contribution in [0, 0.1) is 6.92 Å². The first-order valence-electron chi connectivity index (χ1n) is 4.59. The van der Waals surface area contributed by atoms with Gasteiger partial charge < -0.3 is 5.73 Å². The third-order valence-electron chi connectivity index (χ3n) is 2.23. The molecule has 1 heterocycles. The number of benzene rings is 1. The lowest BCUT2D eigenvalue weighted by Gasteiger charge is -1.99. The Morgan fingerprint density at radius 3 is 2.60 bits per heavy atom. The van der Waals surface area contributed by atoms with Crippen LogP contribution < -0.4 is 5.73 Å². The van der Waals surface area contributed by atoms with Gasteiger partial charge in [0.25, 0.3) is 5.91 Å². The fourth-order valence-electron chi connectivity index (χ4n) is 1.41. The number of hydrogen-bond acceptors (Lipinski definition) is 2. The van der Waals surface area contributed by atoms with Gasteiger partial charge in [0.1, 0.15) is 5.69 Å². The Morgan fingerprint density at radius 2 is 2.00 bits per heavy atom. The number of primary amides is 1. The highest BCUT2D eigenvalue weighted by Gasteiger charge is 2.12. The van der Waals surface area contributed by atoms with Crippen molar-refractivity contribution >= 4 is 5.91 Å². The second-order valence-corrected chi connectivity index (χ2v) is 3.38. The molecular formula is C11H11N3O. The molecule has 4 nitrogen and oxygen atoms in total. The quantitative estimate of drug-likeness (QED) is 0.772. The van der Waals surface area contributed by atoms with Crippen LogP contribution in [0.1, 0.15) is 15.9 Å². The van der Waals surface area contributed by atoms with E-state index in [0.717, 1.165) is 11.1 Å². The normalized spacial score (nSPS) is 10.2. The zero-order valence-corrected chi connectivity index (χ0v) is 8.32. The van der Waals surface area contributed by atoms with Crippen molar-refractivity contribution in [2.75, 3.05) is 0 Å². The summed E-state index contributed by atoms with van der Waals surface area (Å²) >= 11 is 0. The number of aryl methyl sites for hydroxylation is 1. The summed E-state index contributed by atoms with van der Waals surface area (Å²) in [6.07, 6.45) is 1.51. The molecule has 15 heavy (non-hydrogen) atoms. The molecule has 1 amide bonds. The predicted molar refractivity (Wildman–Crippen MR) is 57.3 cm³/mol. The summed E-state index contributed by atoms with van der Waals surface area (Å²) in [5.74, 6) is -0.473. The van der Waals surface area contributed by atoms with Crippen LogP contribution in [0.15, 0.2) is 30.5 Å². The number of carbonyl (C=O) groups is 1. The molecule has 2 rings (SSSR count). The highest BCUT2D eigenvalue weighted by molar-refractivity contribution is 5.98. The van der Waals surface area contributed by atoms with Crippen molar-refractivity contribution in [1.29, 1.82) is 0 Å². The van der Waals surface area contributed by atoms with Gasteiger partial charge in [0, 0.05) is 11.8 Å². The average Bonchev–Trinajstić information content (AvgIpc) is 2.67. The fraction of sp³-hybridized carbons (Fsp3) is 0.0909. The van der Waals surface area contributed by atoms with E-state index in [-0.39, 0.29) is 0 Å². The number of amides is 1. The molecule has 2 aromatic rings. The van der Waals surface area contributed by atoms with Crippen LogP contribution in [-0.2, 0) is 0 Å². The van der Waals surface area contributed by atoms with E-state index in [1.807, 2.05) is 31.2 Å². The summed E-state index contributed by atoms with van der Waals surface area (Å²) < 4.78 is 0. The summed E-state index contributed by atoms with van der Waals surface area (Å²) in [6, 6.07) is 7.76. The first-order valence-corrected chi connectivity index (χ1v) is 4.59. The minimum atomic E-state index is -0.473. The number of carbonyl (C=O) groups excluding carboxylic acids is 1. The van der Waals surface area contributed by atoms with Crippen LogP contribution >= 0.6 is 0 Å².